The fourth-order valence-electron chi connectivity index (χ4n) is 1.85. The third-order valence-electron chi connectivity index (χ3n) is 2.81. The number of thiazole rings is 1. The highest BCUT2D eigenvalue weighted by Gasteiger charge is 2.28. The monoisotopic (exact) mass is 334 g/mol. The van der Waals surface area contributed by atoms with E-state index in [1.165, 1.54) is 22.7 Å². The number of H-pyrrole nitrogens is 1. The number of halogens is 1. The van der Waals surface area contributed by atoms with E-state index in [0.29, 0.717) is 11.4 Å². The van der Waals surface area contributed by atoms with Crippen LogP contribution < -0.4 is 0 Å². The van der Waals surface area contributed by atoms with E-state index < -0.39 is 10.0 Å². The van der Waals surface area contributed by atoms with Crippen LogP contribution in [-0.4, -0.2) is 35.0 Å². The number of nitrogens with one attached hydrogen (secondary N) is 1. The molecule has 0 saturated heterocycles. The van der Waals surface area contributed by atoms with Gasteiger partial charge in [-0.1, -0.05) is 0 Å². The normalized spacial score (nSPS) is 12.2. The summed E-state index contributed by atoms with van der Waals surface area (Å²) >= 11 is 7.24. The predicted molar refractivity (Wildman–Crippen MR) is 78.4 cm³/mol. The molecule has 0 amide bonds. The average Bonchev–Trinajstić information content (AvgIpc) is 2.95. The first-order valence-corrected chi connectivity index (χ1v) is 8.69. The molecule has 9 heteroatoms. The second-order valence-electron chi connectivity index (χ2n) is 4.38. The first-order valence-electron chi connectivity index (χ1n) is 5.83. The fourth-order valence-corrected chi connectivity index (χ4v) is 4.19. The van der Waals surface area contributed by atoms with E-state index in [0.717, 1.165) is 10.7 Å². The van der Waals surface area contributed by atoms with Gasteiger partial charge in [-0.3, -0.25) is 5.10 Å². The van der Waals surface area contributed by atoms with Gasteiger partial charge in [-0.15, -0.1) is 22.9 Å². The lowest BCUT2D eigenvalue weighted by atomic mass is 10.4. The SMILES string of the molecule is Cc1nc(CN(C)S(=O)(=O)c2c(CCl)n[nH]c2C)cs1. The zero-order valence-electron chi connectivity index (χ0n) is 11.3. The van der Waals surface area contributed by atoms with Gasteiger partial charge in [-0.2, -0.15) is 9.40 Å². The Kier molecular flexibility index (Phi) is 4.48. The van der Waals surface area contributed by atoms with Crippen LogP contribution in [0.25, 0.3) is 0 Å². The number of rotatable bonds is 5. The molecular formula is C11H15ClN4O2S2. The minimum Gasteiger partial charge on any atom is -0.281 e. The number of aromatic nitrogens is 3. The molecule has 2 aromatic heterocycles. The molecular weight excluding hydrogens is 320 g/mol. The van der Waals surface area contributed by atoms with Gasteiger partial charge in [0.15, 0.2) is 0 Å². The van der Waals surface area contributed by atoms with Gasteiger partial charge < -0.3 is 0 Å². The van der Waals surface area contributed by atoms with Gasteiger partial charge >= 0.3 is 0 Å². The largest absolute Gasteiger partial charge is 0.281 e. The summed E-state index contributed by atoms with van der Waals surface area (Å²) in [5.41, 5.74) is 1.56. The quantitative estimate of drug-likeness (QED) is 0.849. The maximum absolute atomic E-state index is 12.6. The van der Waals surface area contributed by atoms with Crippen LogP contribution in [0.4, 0.5) is 0 Å². The van der Waals surface area contributed by atoms with E-state index in [4.69, 9.17) is 11.6 Å². The summed E-state index contributed by atoms with van der Waals surface area (Å²) in [4.78, 5) is 4.43. The summed E-state index contributed by atoms with van der Waals surface area (Å²) in [6.07, 6.45) is 0. The highest BCUT2D eigenvalue weighted by molar-refractivity contribution is 7.89. The van der Waals surface area contributed by atoms with E-state index in [1.807, 2.05) is 12.3 Å². The number of aromatic amines is 1. The number of aryl methyl sites for hydroxylation is 2. The fraction of sp³-hybridized carbons (Fsp3) is 0.455. The van der Waals surface area contributed by atoms with Gasteiger partial charge in [0, 0.05) is 12.4 Å². The summed E-state index contributed by atoms with van der Waals surface area (Å²) < 4.78 is 26.4. The molecule has 0 fully saturated rings. The lowest BCUT2D eigenvalue weighted by Gasteiger charge is -2.16. The van der Waals surface area contributed by atoms with Gasteiger partial charge in [0.2, 0.25) is 10.0 Å². The molecule has 2 heterocycles. The first kappa shape index (κ1) is 15.4. The molecule has 0 radical (unpaired) electrons. The second-order valence-corrected chi connectivity index (χ2v) is 7.69. The minimum atomic E-state index is -3.64. The number of hydrogen-bond donors (Lipinski definition) is 1. The molecule has 1 N–H and O–H groups in total. The van der Waals surface area contributed by atoms with Crippen molar-refractivity contribution in [3.8, 4) is 0 Å². The van der Waals surface area contributed by atoms with Gasteiger partial charge in [0.1, 0.15) is 4.90 Å². The number of sulfonamides is 1. The van der Waals surface area contributed by atoms with Crippen molar-refractivity contribution < 1.29 is 8.42 Å². The van der Waals surface area contributed by atoms with E-state index >= 15 is 0 Å². The topological polar surface area (TPSA) is 79.0 Å². The molecule has 20 heavy (non-hydrogen) atoms. The summed E-state index contributed by atoms with van der Waals surface area (Å²) in [5.74, 6) is 0.0442. The van der Waals surface area contributed by atoms with Crippen LogP contribution in [0.5, 0.6) is 0 Å². The maximum Gasteiger partial charge on any atom is 0.246 e. The minimum absolute atomic E-state index is 0.0442. The standard InChI is InChI=1S/C11H15ClN4O2S2/c1-7-11(10(4-12)15-14-7)20(17,18)16(3)5-9-6-19-8(2)13-9/h6H,4-5H2,1-3H3,(H,14,15). The van der Waals surface area contributed by atoms with Gasteiger partial charge in [0.25, 0.3) is 0 Å². The molecule has 0 unspecified atom stereocenters. The average molecular weight is 335 g/mol. The Balaban J connectivity index is 2.32. The molecule has 0 aromatic carbocycles. The molecule has 0 atom stereocenters. The third-order valence-corrected chi connectivity index (χ3v) is 5.89. The molecule has 0 aliphatic carbocycles. The molecule has 0 saturated carbocycles. The van der Waals surface area contributed by atoms with Crippen LogP contribution >= 0.6 is 22.9 Å². The van der Waals surface area contributed by atoms with Crippen LogP contribution in [0.3, 0.4) is 0 Å². The lowest BCUT2D eigenvalue weighted by molar-refractivity contribution is 0.462. The highest BCUT2D eigenvalue weighted by Crippen LogP contribution is 2.24. The van der Waals surface area contributed by atoms with E-state index in [-0.39, 0.29) is 17.3 Å². The molecule has 2 rings (SSSR count). The van der Waals surface area contributed by atoms with Gasteiger partial charge in [-0.05, 0) is 13.8 Å². The Morgan fingerprint density at radius 2 is 2.15 bits per heavy atom. The van der Waals surface area contributed by atoms with Crippen molar-refractivity contribution in [1.29, 1.82) is 0 Å². The Labute approximate surface area is 126 Å². The molecule has 0 aliphatic heterocycles. The zero-order valence-corrected chi connectivity index (χ0v) is 13.7. The Morgan fingerprint density at radius 3 is 2.70 bits per heavy atom. The predicted octanol–water partition coefficient (Wildman–Crippen LogP) is 2.04. The van der Waals surface area contributed by atoms with Gasteiger partial charge in [0.05, 0.1) is 34.5 Å². The Hall–Kier alpha value is -0.960. The van der Waals surface area contributed by atoms with Crippen molar-refractivity contribution >= 4 is 33.0 Å². The Morgan fingerprint density at radius 1 is 1.45 bits per heavy atom. The molecule has 0 spiro atoms. The molecule has 110 valence electrons. The molecule has 0 aliphatic rings. The van der Waals surface area contributed by atoms with Crippen LogP contribution in [-0.2, 0) is 22.4 Å². The summed E-state index contributed by atoms with van der Waals surface area (Å²) in [6, 6.07) is 0. The second kappa shape index (κ2) is 5.80. The Bertz CT molecular complexity index is 708. The van der Waals surface area contributed by atoms with E-state index in [2.05, 4.69) is 15.2 Å². The van der Waals surface area contributed by atoms with Crippen LogP contribution in [0.1, 0.15) is 22.1 Å². The first-order chi connectivity index (χ1) is 9.36. The number of alkyl halides is 1. The van der Waals surface area contributed by atoms with Crippen molar-refractivity contribution in [3.63, 3.8) is 0 Å². The lowest BCUT2D eigenvalue weighted by Crippen LogP contribution is -2.27. The van der Waals surface area contributed by atoms with Gasteiger partial charge in [-0.25, -0.2) is 13.4 Å². The van der Waals surface area contributed by atoms with Crippen molar-refractivity contribution in [2.75, 3.05) is 7.05 Å². The number of hydrogen-bond acceptors (Lipinski definition) is 5. The summed E-state index contributed by atoms with van der Waals surface area (Å²) in [6.45, 7) is 3.77. The molecule has 6 nitrogen and oxygen atoms in total. The maximum atomic E-state index is 12.6. The van der Waals surface area contributed by atoms with E-state index in [1.54, 1.807) is 6.92 Å². The van der Waals surface area contributed by atoms with E-state index in [9.17, 15) is 8.42 Å². The summed E-state index contributed by atoms with van der Waals surface area (Å²) in [5, 5.41) is 9.34. The van der Waals surface area contributed by atoms with Crippen molar-refractivity contribution in [3.05, 3.63) is 27.5 Å². The van der Waals surface area contributed by atoms with Crippen molar-refractivity contribution in [2.45, 2.75) is 31.2 Å². The molecule has 2 aromatic rings. The van der Waals surface area contributed by atoms with Crippen molar-refractivity contribution in [2.24, 2.45) is 0 Å². The zero-order chi connectivity index (χ0) is 14.9. The van der Waals surface area contributed by atoms with Crippen LogP contribution in [0.15, 0.2) is 10.3 Å². The van der Waals surface area contributed by atoms with Crippen LogP contribution in [0, 0.1) is 13.8 Å². The molecule has 0 bridgehead atoms. The third kappa shape index (κ3) is 2.88. The number of nitrogens with zero attached hydrogens (tertiary/aromatic N) is 3. The highest BCUT2D eigenvalue weighted by atomic mass is 35.5. The van der Waals surface area contributed by atoms with Crippen molar-refractivity contribution in [1.82, 2.24) is 19.5 Å². The summed E-state index contributed by atoms with van der Waals surface area (Å²) in [7, 11) is -2.12. The smallest absolute Gasteiger partial charge is 0.246 e. The van der Waals surface area contributed by atoms with Crippen LogP contribution in [0.2, 0.25) is 0 Å².